The van der Waals surface area contributed by atoms with E-state index in [0.717, 1.165) is 24.2 Å². The number of aliphatic hydroxyl groups excluding tert-OH is 1. The van der Waals surface area contributed by atoms with E-state index in [2.05, 4.69) is 6.07 Å². The van der Waals surface area contributed by atoms with Gasteiger partial charge in [0.15, 0.2) is 0 Å². The number of rotatable bonds is 6. The molecule has 98 valence electrons. The number of nitriles is 1. The summed E-state index contributed by atoms with van der Waals surface area (Å²) in [5.41, 5.74) is 0.296. The monoisotopic (exact) mass is 247 g/mol. The van der Waals surface area contributed by atoms with Gasteiger partial charge in [-0.05, 0) is 37.5 Å². The lowest BCUT2D eigenvalue weighted by Crippen LogP contribution is -2.28. The second-order valence-corrected chi connectivity index (χ2v) is 4.73. The fraction of sp³-hybridized carbons (Fsp3) is 0.533. The molecule has 0 aromatic heterocycles. The van der Waals surface area contributed by atoms with Crippen molar-refractivity contribution in [3.63, 3.8) is 0 Å². The summed E-state index contributed by atoms with van der Waals surface area (Å²) < 4.78 is 5.21. The van der Waals surface area contributed by atoms with E-state index in [1.54, 1.807) is 14.0 Å². The van der Waals surface area contributed by atoms with Crippen molar-refractivity contribution in [1.82, 2.24) is 0 Å². The van der Waals surface area contributed by atoms with Crippen molar-refractivity contribution in [3.05, 3.63) is 29.8 Å². The van der Waals surface area contributed by atoms with Crippen LogP contribution in [0.3, 0.4) is 0 Å². The van der Waals surface area contributed by atoms with E-state index >= 15 is 0 Å². The molecule has 0 radical (unpaired) electrons. The van der Waals surface area contributed by atoms with Crippen molar-refractivity contribution in [3.8, 4) is 11.8 Å². The van der Waals surface area contributed by atoms with Crippen LogP contribution in [-0.4, -0.2) is 18.3 Å². The highest BCUT2D eigenvalue weighted by molar-refractivity contribution is 5.38. The van der Waals surface area contributed by atoms with Crippen LogP contribution in [0.1, 0.15) is 38.7 Å². The maximum Gasteiger partial charge on any atom is 0.119 e. The lowest BCUT2D eigenvalue weighted by atomic mass is 9.74. The number of hydrogen-bond donors (Lipinski definition) is 1. The number of hydrogen-bond acceptors (Lipinski definition) is 3. The third kappa shape index (κ3) is 3.24. The summed E-state index contributed by atoms with van der Waals surface area (Å²) in [6.07, 6.45) is 1.59. The number of methoxy groups -OCH3 is 1. The van der Waals surface area contributed by atoms with Crippen LogP contribution in [0.2, 0.25) is 0 Å². The van der Waals surface area contributed by atoms with E-state index in [1.165, 1.54) is 0 Å². The molecule has 3 heteroatoms. The highest BCUT2D eigenvalue weighted by Crippen LogP contribution is 2.35. The average Bonchev–Trinajstić information content (AvgIpc) is 2.37. The van der Waals surface area contributed by atoms with Gasteiger partial charge in [-0.2, -0.15) is 5.26 Å². The normalized spacial score (nSPS) is 15.5. The average molecular weight is 247 g/mol. The van der Waals surface area contributed by atoms with E-state index in [-0.39, 0.29) is 0 Å². The second-order valence-electron chi connectivity index (χ2n) is 4.73. The number of nitrogens with zero attached hydrogens (tertiary/aromatic N) is 1. The van der Waals surface area contributed by atoms with Crippen molar-refractivity contribution >= 4 is 0 Å². The minimum Gasteiger partial charge on any atom is -0.497 e. The maximum absolute atomic E-state index is 9.65. The molecule has 1 N–H and O–H groups in total. The molecule has 0 saturated carbocycles. The van der Waals surface area contributed by atoms with Crippen molar-refractivity contribution in [1.29, 1.82) is 5.26 Å². The van der Waals surface area contributed by atoms with Crippen LogP contribution in [0.5, 0.6) is 5.75 Å². The SMILES string of the molecule is CCC[C@@](C#N)(C[C@H](C)O)c1cccc(OC)c1. The molecule has 0 spiro atoms. The second kappa shape index (κ2) is 6.42. The van der Waals surface area contributed by atoms with Gasteiger partial charge in [-0.1, -0.05) is 25.5 Å². The summed E-state index contributed by atoms with van der Waals surface area (Å²) in [5.74, 6) is 0.744. The Bertz CT molecular complexity index is 423. The standard InChI is InChI=1S/C15H21NO2/c1-4-8-15(11-16,10-12(2)17)13-6-5-7-14(9-13)18-3/h5-7,9,12,17H,4,8,10H2,1-3H3/t12-,15-/m0/s1. The summed E-state index contributed by atoms with van der Waals surface area (Å²) in [6.45, 7) is 3.77. The molecule has 3 nitrogen and oxygen atoms in total. The number of ether oxygens (including phenoxy) is 1. The largest absolute Gasteiger partial charge is 0.497 e. The Kier molecular flexibility index (Phi) is 5.18. The fourth-order valence-corrected chi connectivity index (χ4v) is 2.38. The van der Waals surface area contributed by atoms with Gasteiger partial charge in [0.2, 0.25) is 0 Å². The number of aliphatic hydroxyl groups is 1. The first-order valence-electron chi connectivity index (χ1n) is 6.32. The van der Waals surface area contributed by atoms with Crippen LogP contribution in [0, 0.1) is 11.3 Å². The van der Waals surface area contributed by atoms with Gasteiger partial charge in [0.25, 0.3) is 0 Å². The lowest BCUT2D eigenvalue weighted by molar-refractivity contribution is 0.158. The van der Waals surface area contributed by atoms with Gasteiger partial charge in [0.1, 0.15) is 5.75 Å². The summed E-state index contributed by atoms with van der Waals surface area (Å²) in [5, 5.41) is 19.2. The predicted octanol–water partition coefficient (Wildman–Crippen LogP) is 3.03. The third-order valence-electron chi connectivity index (χ3n) is 3.16. The molecule has 2 atom stereocenters. The molecule has 0 amide bonds. The van der Waals surface area contributed by atoms with E-state index in [4.69, 9.17) is 4.74 Å². The Morgan fingerprint density at radius 1 is 1.50 bits per heavy atom. The molecular weight excluding hydrogens is 226 g/mol. The van der Waals surface area contributed by atoms with Crippen LogP contribution < -0.4 is 4.74 Å². The van der Waals surface area contributed by atoms with Gasteiger partial charge in [-0.15, -0.1) is 0 Å². The molecule has 1 aromatic carbocycles. The third-order valence-corrected chi connectivity index (χ3v) is 3.16. The highest BCUT2D eigenvalue weighted by Gasteiger charge is 2.33. The first-order valence-corrected chi connectivity index (χ1v) is 6.32. The zero-order chi connectivity index (χ0) is 13.6. The molecule has 0 fully saturated rings. The topological polar surface area (TPSA) is 53.2 Å². The maximum atomic E-state index is 9.65. The van der Waals surface area contributed by atoms with Crippen LogP contribution in [0.15, 0.2) is 24.3 Å². The molecule has 0 unspecified atom stereocenters. The Labute approximate surface area is 109 Å². The van der Waals surface area contributed by atoms with E-state index in [9.17, 15) is 10.4 Å². The Balaban J connectivity index is 3.19. The van der Waals surface area contributed by atoms with E-state index in [0.29, 0.717) is 6.42 Å². The summed E-state index contributed by atoms with van der Waals surface area (Å²) in [4.78, 5) is 0. The Morgan fingerprint density at radius 2 is 2.22 bits per heavy atom. The van der Waals surface area contributed by atoms with Gasteiger partial charge in [0.05, 0.1) is 24.7 Å². The molecule has 0 heterocycles. The zero-order valence-corrected chi connectivity index (χ0v) is 11.3. The van der Waals surface area contributed by atoms with Gasteiger partial charge < -0.3 is 9.84 Å². The summed E-state index contributed by atoms with van der Waals surface area (Å²) >= 11 is 0. The summed E-state index contributed by atoms with van der Waals surface area (Å²) in [7, 11) is 1.61. The van der Waals surface area contributed by atoms with E-state index in [1.807, 2.05) is 31.2 Å². The van der Waals surface area contributed by atoms with Crippen molar-refractivity contribution in [2.45, 2.75) is 44.6 Å². The van der Waals surface area contributed by atoms with Crippen LogP contribution >= 0.6 is 0 Å². The minimum atomic E-state index is -0.628. The molecule has 1 aromatic rings. The highest BCUT2D eigenvalue weighted by atomic mass is 16.5. The Hall–Kier alpha value is -1.53. The first kappa shape index (κ1) is 14.5. The first-order chi connectivity index (χ1) is 8.57. The molecule has 1 rings (SSSR count). The van der Waals surface area contributed by atoms with Crippen molar-refractivity contribution in [2.75, 3.05) is 7.11 Å². The Morgan fingerprint density at radius 3 is 2.72 bits per heavy atom. The predicted molar refractivity (Wildman–Crippen MR) is 71.5 cm³/mol. The van der Waals surface area contributed by atoms with Crippen LogP contribution in [0.4, 0.5) is 0 Å². The lowest BCUT2D eigenvalue weighted by Gasteiger charge is -2.28. The van der Waals surface area contributed by atoms with Gasteiger partial charge >= 0.3 is 0 Å². The molecule has 0 aliphatic heterocycles. The molecule has 0 aliphatic rings. The van der Waals surface area contributed by atoms with Gasteiger partial charge in [-0.3, -0.25) is 0 Å². The van der Waals surface area contributed by atoms with Crippen LogP contribution in [-0.2, 0) is 5.41 Å². The fourth-order valence-electron chi connectivity index (χ4n) is 2.38. The summed E-state index contributed by atoms with van der Waals surface area (Å²) in [6, 6.07) is 9.97. The molecule has 0 aliphatic carbocycles. The smallest absolute Gasteiger partial charge is 0.119 e. The molecular formula is C15H21NO2. The van der Waals surface area contributed by atoms with E-state index < -0.39 is 11.5 Å². The zero-order valence-electron chi connectivity index (χ0n) is 11.3. The van der Waals surface area contributed by atoms with Crippen molar-refractivity contribution in [2.24, 2.45) is 0 Å². The number of benzene rings is 1. The van der Waals surface area contributed by atoms with Crippen LogP contribution in [0.25, 0.3) is 0 Å². The minimum absolute atomic E-state index is 0.449. The molecule has 0 saturated heterocycles. The quantitative estimate of drug-likeness (QED) is 0.840. The molecule has 0 bridgehead atoms. The van der Waals surface area contributed by atoms with Gasteiger partial charge in [0, 0.05) is 0 Å². The van der Waals surface area contributed by atoms with Crippen molar-refractivity contribution < 1.29 is 9.84 Å². The van der Waals surface area contributed by atoms with Gasteiger partial charge in [-0.25, -0.2) is 0 Å². The molecule has 18 heavy (non-hydrogen) atoms.